The van der Waals surface area contributed by atoms with Crippen LogP contribution in [0.25, 0.3) is 0 Å². The third-order valence-corrected chi connectivity index (χ3v) is 3.10. The van der Waals surface area contributed by atoms with Gasteiger partial charge < -0.3 is 0 Å². The molecule has 0 fully saturated rings. The number of ketones is 1. The maximum atomic E-state index is 11.9. The SMILES string of the molecule is CCCC(=O)C1(C)C=C(C)C(C)=CC1. The summed E-state index contributed by atoms with van der Waals surface area (Å²) in [6.45, 7) is 8.30. The highest BCUT2D eigenvalue weighted by atomic mass is 16.1. The number of Topliss-reactive ketones (excluding diaryl/α,β-unsaturated/α-hetero) is 1. The summed E-state index contributed by atoms with van der Waals surface area (Å²) in [7, 11) is 0. The van der Waals surface area contributed by atoms with E-state index in [4.69, 9.17) is 0 Å². The molecule has 0 aromatic carbocycles. The van der Waals surface area contributed by atoms with E-state index in [1.807, 2.05) is 0 Å². The highest BCUT2D eigenvalue weighted by Gasteiger charge is 2.30. The van der Waals surface area contributed by atoms with Gasteiger partial charge in [0.25, 0.3) is 0 Å². The molecule has 1 aliphatic carbocycles. The monoisotopic (exact) mass is 192 g/mol. The maximum Gasteiger partial charge on any atom is 0.142 e. The van der Waals surface area contributed by atoms with Gasteiger partial charge in [0.1, 0.15) is 5.78 Å². The van der Waals surface area contributed by atoms with Crippen LogP contribution in [-0.2, 0) is 4.79 Å². The van der Waals surface area contributed by atoms with Crippen LogP contribution in [0, 0.1) is 5.41 Å². The van der Waals surface area contributed by atoms with Crippen LogP contribution in [0.5, 0.6) is 0 Å². The highest BCUT2D eigenvalue weighted by Crippen LogP contribution is 2.34. The molecule has 1 nitrogen and oxygen atoms in total. The topological polar surface area (TPSA) is 17.1 Å². The molecular formula is C13H20O. The quantitative estimate of drug-likeness (QED) is 0.667. The van der Waals surface area contributed by atoms with Crippen LogP contribution >= 0.6 is 0 Å². The summed E-state index contributed by atoms with van der Waals surface area (Å²) in [5.74, 6) is 0.378. The molecule has 1 atom stereocenters. The van der Waals surface area contributed by atoms with Gasteiger partial charge in [-0.05, 0) is 33.6 Å². The lowest BCUT2D eigenvalue weighted by Crippen LogP contribution is -2.27. The van der Waals surface area contributed by atoms with Crippen LogP contribution < -0.4 is 0 Å². The number of carbonyl (C=O) groups excluding carboxylic acids is 1. The first-order chi connectivity index (χ1) is 6.49. The molecule has 0 saturated heterocycles. The lowest BCUT2D eigenvalue weighted by atomic mass is 9.75. The van der Waals surface area contributed by atoms with Gasteiger partial charge in [-0.25, -0.2) is 0 Å². The number of allylic oxidation sites excluding steroid dienone is 4. The summed E-state index contributed by atoms with van der Waals surface area (Å²) in [5.41, 5.74) is 2.33. The molecule has 1 aliphatic rings. The lowest BCUT2D eigenvalue weighted by molar-refractivity contribution is -0.125. The summed E-state index contributed by atoms with van der Waals surface area (Å²) in [5, 5.41) is 0. The zero-order valence-electron chi connectivity index (χ0n) is 9.68. The average molecular weight is 192 g/mol. The standard InChI is InChI=1S/C13H20O/c1-5-6-12(14)13(4)8-7-10(2)11(3)9-13/h7,9H,5-6,8H2,1-4H3. The molecule has 0 aliphatic heterocycles. The van der Waals surface area contributed by atoms with E-state index < -0.39 is 0 Å². The van der Waals surface area contributed by atoms with Crippen molar-refractivity contribution in [2.75, 3.05) is 0 Å². The molecule has 0 bridgehead atoms. The molecule has 0 heterocycles. The Labute approximate surface area is 86.9 Å². The Hall–Kier alpha value is -0.850. The molecule has 0 N–H and O–H groups in total. The maximum absolute atomic E-state index is 11.9. The molecule has 1 heteroatoms. The van der Waals surface area contributed by atoms with Crippen LogP contribution in [0.3, 0.4) is 0 Å². The van der Waals surface area contributed by atoms with Crippen molar-refractivity contribution in [3.05, 3.63) is 23.3 Å². The first kappa shape index (κ1) is 11.2. The zero-order chi connectivity index (χ0) is 10.8. The largest absolute Gasteiger partial charge is 0.299 e. The van der Waals surface area contributed by atoms with Crippen molar-refractivity contribution in [2.45, 2.75) is 47.0 Å². The second-order valence-electron chi connectivity index (χ2n) is 4.51. The van der Waals surface area contributed by atoms with Crippen LogP contribution in [-0.4, -0.2) is 5.78 Å². The molecule has 1 unspecified atom stereocenters. The molecule has 0 amide bonds. The van der Waals surface area contributed by atoms with Crippen LogP contribution in [0.1, 0.15) is 47.0 Å². The minimum atomic E-state index is -0.237. The van der Waals surface area contributed by atoms with E-state index >= 15 is 0 Å². The van der Waals surface area contributed by atoms with Crippen molar-refractivity contribution >= 4 is 5.78 Å². The van der Waals surface area contributed by atoms with Gasteiger partial charge in [0.05, 0.1) is 0 Å². The van der Waals surface area contributed by atoms with Crippen molar-refractivity contribution in [3.63, 3.8) is 0 Å². The second kappa shape index (κ2) is 4.12. The van der Waals surface area contributed by atoms with Crippen molar-refractivity contribution < 1.29 is 4.79 Å². The number of carbonyl (C=O) groups is 1. The lowest BCUT2D eigenvalue weighted by Gasteiger charge is -2.28. The van der Waals surface area contributed by atoms with Gasteiger partial charge in [-0.15, -0.1) is 0 Å². The van der Waals surface area contributed by atoms with Crippen molar-refractivity contribution in [1.29, 1.82) is 0 Å². The first-order valence-corrected chi connectivity index (χ1v) is 5.39. The van der Waals surface area contributed by atoms with Gasteiger partial charge in [-0.3, -0.25) is 4.79 Å². The summed E-state index contributed by atoms with van der Waals surface area (Å²) in [4.78, 5) is 11.9. The van der Waals surface area contributed by atoms with E-state index in [-0.39, 0.29) is 5.41 Å². The fourth-order valence-corrected chi connectivity index (χ4v) is 1.88. The summed E-state index contributed by atoms with van der Waals surface area (Å²) >= 11 is 0. The van der Waals surface area contributed by atoms with Gasteiger partial charge in [-0.2, -0.15) is 0 Å². The first-order valence-electron chi connectivity index (χ1n) is 5.39. The molecule has 1 rings (SSSR count). The van der Waals surface area contributed by atoms with Gasteiger partial charge in [0, 0.05) is 11.8 Å². The smallest absolute Gasteiger partial charge is 0.142 e. The molecule has 0 saturated carbocycles. The average Bonchev–Trinajstić information content (AvgIpc) is 2.13. The van der Waals surface area contributed by atoms with E-state index in [0.29, 0.717) is 12.2 Å². The Bertz CT molecular complexity index is 296. The van der Waals surface area contributed by atoms with E-state index in [1.165, 1.54) is 11.1 Å². The Morgan fingerprint density at radius 1 is 1.43 bits per heavy atom. The Kier molecular flexibility index (Phi) is 3.30. The third-order valence-electron chi connectivity index (χ3n) is 3.10. The van der Waals surface area contributed by atoms with Crippen LogP contribution in [0.4, 0.5) is 0 Å². The number of hydrogen-bond donors (Lipinski definition) is 0. The molecule has 0 aromatic heterocycles. The Morgan fingerprint density at radius 3 is 2.57 bits per heavy atom. The van der Waals surface area contributed by atoms with Crippen molar-refractivity contribution in [2.24, 2.45) is 5.41 Å². The summed E-state index contributed by atoms with van der Waals surface area (Å²) < 4.78 is 0. The predicted molar refractivity (Wildman–Crippen MR) is 60.2 cm³/mol. The molecule has 0 spiro atoms. The zero-order valence-corrected chi connectivity index (χ0v) is 9.68. The third kappa shape index (κ3) is 2.14. The summed E-state index contributed by atoms with van der Waals surface area (Å²) in [6.07, 6.45) is 6.84. The normalized spacial score (nSPS) is 26.9. The molecule has 78 valence electrons. The van der Waals surface area contributed by atoms with Crippen molar-refractivity contribution in [3.8, 4) is 0 Å². The minimum absolute atomic E-state index is 0.237. The van der Waals surface area contributed by atoms with E-state index in [0.717, 1.165) is 12.8 Å². The summed E-state index contributed by atoms with van der Waals surface area (Å²) in [6, 6.07) is 0. The minimum Gasteiger partial charge on any atom is -0.299 e. The van der Waals surface area contributed by atoms with Gasteiger partial charge >= 0.3 is 0 Å². The van der Waals surface area contributed by atoms with E-state index in [2.05, 4.69) is 39.8 Å². The molecule has 14 heavy (non-hydrogen) atoms. The van der Waals surface area contributed by atoms with Crippen molar-refractivity contribution in [1.82, 2.24) is 0 Å². The Balaban J connectivity index is 2.84. The van der Waals surface area contributed by atoms with E-state index in [1.54, 1.807) is 0 Å². The second-order valence-corrected chi connectivity index (χ2v) is 4.51. The fourth-order valence-electron chi connectivity index (χ4n) is 1.88. The van der Waals surface area contributed by atoms with Gasteiger partial charge in [-0.1, -0.05) is 30.2 Å². The molecular weight excluding hydrogens is 172 g/mol. The van der Waals surface area contributed by atoms with Crippen LogP contribution in [0.15, 0.2) is 23.3 Å². The molecule has 0 radical (unpaired) electrons. The van der Waals surface area contributed by atoms with Gasteiger partial charge in [0.15, 0.2) is 0 Å². The van der Waals surface area contributed by atoms with E-state index in [9.17, 15) is 4.79 Å². The highest BCUT2D eigenvalue weighted by molar-refractivity contribution is 5.87. The van der Waals surface area contributed by atoms with Gasteiger partial charge in [0.2, 0.25) is 0 Å². The number of hydrogen-bond acceptors (Lipinski definition) is 1. The molecule has 0 aromatic rings. The number of rotatable bonds is 3. The Morgan fingerprint density at radius 2 is 2.07 bits per heavy atom. The fraction of sp³-hybridized carbons (Fsp3) is 0.615. The van der Waals surface area contributed by atoms with Crippen LogP contribution in [0.2, 0.25) is 0 Å². The predicted octanol–water partition coefficient (Wildman–Crippen LogP) is 3.66.